The van der Waals surface area contributed by atoms with E-state index in [0.717, 1.165) is 30.7 Å². The Morgan fingerprint density at radius 3 is 2.47 bits per heavy atom. The third-order valence-corrected chi connectivity index (χ3v) is 3.03. The number of amides is 1. The largest absolute Gasteiger partial charge is 0.497 e. The van der Waals surface area contributed by atoms with Crippen molar-refractivity contribution < 1.29 is 9.53 Å². The van der Waals surface area contributed by atoms with E-state index in [1.165, 1.54) is 0 Å². The van der Waals surface area contributed by atoms with Crippen LogP contribution in [0.15, 0.2) is 24.3 Å². The summed E-state index contributed by atoms with van der Waals surface area (Å²) in [6, 6.07) is 7.84. The first-order valence-corrected chi connectivity index (χ1v) is 6.82. The molecule has 0 bridgehead atoms. The number of aryl methyl sites for hydroxylation is 1. The van der Waals surface area contributed by atoms with Crippen LogP contribution in [0.5, 0.6) is 5.75 Å². The van der Waals surface area contributed by atoms with Gasteiger partial charge in [0.15, 0.2) is 0 Å². The highest BCUT2D eigenvalue weighted by Gasteiger charge is 2.11. The quantitative estimate of drug-likeness (QED) is 0.779. The van der Waals surface area contributed by atoms with Gasteiger partial charge in [-0.2, -0.15) is 0 Å². The van der Waals surface area contributed by atoms with Gasteiger partial charge >= 0.3 is 0 Å². The minimum Gasteiger partial charge on any atom is -0.497 e. The van der Waals surface area contributed by atoms with Gasteiger partial charge in [0.25, 0.3) is 0 Å². The number of methoxy groups -OCH3 is 1. The zero-order chi connectivity index (χ0) is 14.1. The molecule has 0 aliphatic carbocycles. The van der Waals surface area contributed by atoms with E-state index in [1.54, 1.807) is 7.11 Å². The molecule has 4 nitrogen and oxygen atoms in total. The predicted octanol–water partition coefficient (Wildman–Crippen LogP) is 1.83. The first kappa shape index (κ1) is 15.5. The van der Waals surface area contributed by atoms with Crippen molar-refractivity contribution in [2.45, 2.75) is 26.2 Å². The van der Waals surface area contributed by atoms with Crippen molar-refractivity contribution >= 4 is 5.91 Å². The van der Waals surface area contributed by atoms with Crippen molar-refractivity contribution in [2.24, 2.45) is 5.73 Å². The van der Waals surface area contributed by atoms with Crippen LogP contribution in [0, 0.1) is 0 Å². The van der Waals surface area contributed by atoms with Crippen molar-refractivity contribution in [1.82, 2.24) is 4.90 Å². The van der Waals surface area contributed by atoms with Crippen LogP contribution in [0.2, 0.25) is 0 Å². The van der Waals surface area contributed by atoms with Crippen molar-refractivity contribution in [3.63, 3.8) is 0 Å². The Morgan fingerprint density at radius 2 is 1.95 bits per heavy atom. The van der Waals surface area contributed by atoms with Crippen LogP contribution in [0.3, 0.4) is 0 Å². The molecule has 1 aromatic rings. The van der Waals surface area contributed by atoms with Crippen LogP contribution in [0.4, 0.5) is 0 Å². The van der Waals surface area contributed by atoms with E-state index in [2.05, 4.69) is 6.92 Å². The lowest BCUT2D eigenvalue weighted by Gasteiger charge is -2.21. The second-order valence-corrected chi connectivity index (χ2v) is 4.52. The molecule has 0 unspecified atom stereocenters. The van der Waals surface area contributed by atoms with Gasteiger partial charge in [0.2, 0.25) is 5.91 Å². The number of nitrogens with two attached hydrogens (primary N) is 1. The van der Waals surface area contributed by atoms with E-state index in [9.17, 15) is 4.79 Å². The molecule has 0 heterocycles. The maximum absolute atomic E-state index is 12.1. The van der Waals surface area contributed by atoms with Crippen LogP contribution in [0.25, 0.3) is 0 Å². The minimum absolute atomic E-state index is 0.183. The Hall–Kier alpha value is -1.55. The lowest BCUT2D eigenvalue weighted by atomic mass is 10.1. The standard InChI is InChI=1S/C15H24N2O2/c1-3-11-17(12-10-16)15(18)9-6-13-4-7-14(19-2)8-5-13/h4-5,7-8H,3,6,9-12,16H2,1-2H3. The van der Waals surface area contributed by atoms with Gasteiger partial charge in [-0.05, 0) is 30.5 Å². The number of benzene rings is 1. The van der Waals surface area contributed by atoms with Gasteiger partial charge in [-0.3, -0.25) is 4.79 Å². The monoisotopic (exact) mass is 264 g/mol. The molecule has 0 radical (unpaired) electrons. The predicted molar refractivity (Wildman–Crippen MR) is 77.2 cm³/mol. The molecule has 1 aromatic carbocycles. The van der Waals surface area contributed by atoms with Crippen molar-refractivity contribution in [2.75, 3.05) is 26.7 Å². The normalized spacial score (nSPS) is 10.3. The Morgan fingerprint density at radius 1 is 1.26 bits per heavy atom. The fourth-order valence-corrected chi connectivity index (χ4v) is 1.99. The highest BCUT2D eigenvalue weighted by Crippen LogP contribution is 2.13. The summed E-state index contributed by atoms with van der Waals surface area (Å²) in [7, 11) is 1.65. The summed E-state index contributed by atoms with van der Waals surface area (Å²) < 4.78 is 5.11. The molecule has 0 atom stereocenters. The summed E-state index contributed by atoms with van der Waals surface area (Å²) in [5, 5.41) is 0. The molecule has 0 aliphatic heterocycles. The van der Waals surface area contributed by atoms with Crippen LogP contribution < -0.4 is 10.5 Å². The van der Waals surface area contributed by atoms with E-state index in [-0.39, 0.29) is 5.91 Å². The highest BCUT2D eigenvalue weighted by molar-refractivity contribution is 5.76. The van der Waals surface area contributed by atoms with Gasteiger partial charge in [0, 0.05) is 26.1 Å². The molecule has 0 aromatic heterocycles. The second kappa shape index (κ2) is 8.53. The zero-order valence-electron chi connectivity index (χ0n) is 11.9. The summed E-state index contributed by atoms with van der Waals surface area (Å²) in [6.07, 6.45) is 2.26. The molecule has 0 saturated heterocycles. The van der Waals surface area contributed by atoms with Crippen LogP contribution in [-0.2, 0) is 11.2 Å². The number of hydrogen-bond acceptors (Lipinski definition) is 3. The summed E-state index contributed by atoms with van der Waals surface area (Å²) in [6.45, 7) is 4.03. The molecule has 0 saturated carbocycles. The third kappa shape index (κ3) is 5.30. The van der Waals surface area contributed by atoms with Crippen molar-refractivity contribution in [1.29, 1.82) is 0 Å². The first-order valence-electron chi connectivity index (χ1n) is 6.82. The van der Waals surface area contributed by atoms with Gasteiger partial charge < -0.3 is 15.4 Å². The molecular weight excluding hydrogens is 240 g/mol. The minimum atomic E-state index is 0.183. The molecule has 0 spiro atoms. The van der Waals surface area contributed by atoms with E-state index < -0.39 is 0 Å². The lowest BCUT2D eigenvalue weighted by Crippen LogP contribution is -2.36. The lowest BCUT2D eigenvalue weighted by molar-refractivity contribution is -0.131. The van der Waals surface area contributed by atoms with Crippen LogP contribution >= 0.6 is 0 Å². The molecule has 0 fully saturated rings. The SMILES string of the molecule is CCCN(CCN)C(=O)CCc1ccc(OC)cc1. The Labute approximate surface area is 115 Å². The van der Waals surface area contributed by atoms with E-state index >= 15 is 0 Å². The van der Waals surface area contributed by atoms with E-state index in [4.69, 9.17) is 10.5 Å². The summed E-state index contributed by atoms with van der Waals surface area (Å²) >= 11 is 0. The van der Waals surface area contributed by atoms with E-state index in [0.29, 0.717) is 19.5 Å². The number of rotatable bonds is 8. The highest BCUT2D eigenvalue weighted by atomic mass is 16.5. The van der Waals surface area contributed by atoms with Gasteiger partial charge in [-0.1, -0.05) is 19.1 Å². The summed E-state index contributed by atoms with van der Waals surface area (Å²) in [5.41, 5.74) is 6.68. The summed E-state index contributed by atoms with van der Waals surface area (Å²) in [5.74, 6) is 1.02. The molecule has 19 heavy (non-hydrogen) atoms. The number of carbonyl (C=O) groups excluding carboxylic acids is 1. The third-order valence-electron chi connectivity index (χ3n) is 3.03. The van der Waals surface area contributed by atoms with Crippen molar-refractivity contribution in [3.05, 3.63) is 29.8 Å². The fraction of sp³-hybridized carbons (Fsp3) is 0.533. The Bertz CT molecular complexity index is 370. The molecule has 106 valence electrons. The van der Waals surface area contributed by atoms with Crippen LogP contribution in [-0.4, -0.2) is 37.6 Å². The van der Waals surface area contributed by atoms with Gasteiger partial charge in [-0.15, -0.1) is 0 Å². The molecular formula is C15H24N2O2. The zero-order valence-corrected chi connectivity index (χ0v) is 11.9. The second-order valence-electron chi connectivity index (χ2n) is 4.52. The average molecular weight is 264 g/mol. The fourth-order valence-electron chi connectivity index (χ4n) is 1.99. The van der Waals surface area contributed by atoms with Crippen molar-refractivity contribution in [3.8, 4) is 5.75 Å². The Kier molecular flexibility index (Phi) is 6.97. The molecule has 2 N–H and O–H groups in total. The van der Waals surface area contributed by atoms with Gasteiger partial charge in [0.05, 0.1) is 7.11 Å². The molecule has 1 amide bonds. The Balaban J connectivity index is 2.46. The number of ether oxygens (including phenoxy) is 1. The maximum Gasteiger partial charge on any atom is 0.222 e. The average Bonchev–Trinajstić information content (AvgIpc) is 2.45. The number of nitrogens with zero attached hydrogens (tertiary/aromatic N) is 1. The summed E-state index contributed by atoms with van der Waals surface area (Å²) in [4.78, 5) is 13.9. The smallest absolute Gasteiger partial charge is 0.222 e. The topological polar surface area (TPSA) is 55.6 Å². The van der Waals surface area contributed by atoms with Crippen LogP contribution in [0.1, 0.15) is 25.3 Å². The maximum atomic E-state index is 12.1. The molecule has 1 rings (SSSR count). The number of hydrogen-bond donors (Lipinski definition) is 1. The first-order chi connectivity index (χ1) is 9.21. The number of carbonyl (C=O) groups is 1. The van der Waals surface area contributed by atoms with E-state index in [1.807, 2.05) is 29.2 Å². The molecule has 0 aliphatic rings. The van der Waals surface area contributed by atoms with Gasteiger partial charge in [-0.25, -0.2) is 0 Å². The van der Waals surface area contributed by atoms with Gasteiger partial charge in [0.1, 0.15) is 5.75 Å². The molecule has 4 heteroatoms.